The van der Waals surface area contributed by atoms with Crippen LogP contribution in [-0.4, -0.2) is 0 Å². The molecule has 0 saturated carbocycles. The molecule has 0 aliphatic carbocycles. The molecule has 0 bridgehead atoms. The highest BCUT2D eigenvalue weighted by atomic mass is 14.2. The van der Waals surface area contributed by atoms with Gasteiger partial charge in [-0.1, -0.05) is 171 Å². The van der Waals surface area contributed by atoms with E-state index in [1.54, 1.807) is 0 Å². The molecule has 0 heterocycles. The van der Waals surface area contributed by atoms with Gasteiger partial charge >= 0.3 is 0 Å². The van der Waals surface area contributed by atoms with Crippen molar-refractivity contribution in [2.75, 3.05) is 0 Å². The van der Waals surface area contributed by atoms with Crippen LogP contribution in [0.4, 0.5) is 0 Å². The summed E-state index contributed by atoms with van der Waals surface area (Å²) in [6, 6.07) is 52.1. The Morgan fingerprint density at radius 3 is 1.33 bits per heavy atom. The Hall–Kier alpha value is -5.46. The van der Waals surface area contributed by atoms with Gasteiger partial charge in [0.1, 0.15) is 0 Å². The summed E-state index contributed by atoms with van der Waals surface area (Å²) in [5, 5.41) is 4.93. The van der Waals surface area contributed by atoms with Gasteiger partial charge in [0.2, 0.25) is 0 Å². The van der Waals surface area contributed by atoms with Crippen molar-refractivity contribution in [2.45, 2.75) is 0 Å². The molecule has 0 nitrogen and oxygen atoms in total. The summed E-state index contributed by atoms with van der Waals surface area (Å²) in [5.74, 6) is 0. The van der Waals surface area contributed by atoms with E-state index >= 15 is 0 Å². The molecule has 7 aromatic rings. The second kappa shape index (κ2) is 10.8. The third kappa shape index (κ3) is 4.35. The Kier molecular flexibility index (Phi) is 6.58. The minimum absolute atomic E-state index is 1.10. The Morgan fingerprint density at radius 2 is 0.762 bits per heavy atom. The lowest BCUT2D eigenvalue weighted by Gasteiger charge is -2.20. The van der Waals surface area contributed by atoms with E-state index in [1.165, 1.54) is 66.1 Å². The molecule has 0 amide bonds. The van der Waals surface area contributed by atoms with E-state index in [9.17, 15) is 0 Å². The van der Waals surface area contributed by atoms with E-state index < -0.39 is 0 Å². The Morgan fingerprint density at radius 1 is 0.333 bits per heavy atom. The molecule has 42 heavy (non-hydrogen) atoms. The maximum absolute atomic E-state index is 4.27. The van der Waals surface area contributed by atoms with Crippen molar-refractivity contribution >= 4 is 33.7 Å². The van der Waals surface area contributed by atoms with Crippen LogP contribution in [0.25, 0.3) is 78.2 Å². The summed E-state index contributed by atoms with van der Waals surface area (Å²) in [5.41, 5.74) is 11.8. The van der Waals surface area contributed by atoms with Crippen molar-refractivity contribution in [3.63, 3.8) is 0 Å². The summed E-state index contributed by atoms with van der Waals surface area (Å²) in [4.78, 5) is 0. The second-order valence-corrected chi connectivity index (χ2v) is 10.6. The highest BCUT2D eigenvalue weighted by molar-refractivity contribution is 6.12. The Balaban J connectivity index is 1.39. The van der Waals surface area contributed by atoms with Crippen LogP contribution in [0.1, 0.15) is 11.1 Å². The van der Waals surface area contributed by atoms with Crippen LogP contribution < -0.4 is 0 Å². The molecule has 0 heteroatoms. The van der Waals surface area contributed by atoms with Crippen LogP contribution in [0, 0.1) is 0 Å². The van der Waals surface area contributed by atoms with Gasteiger partial charge in [-0.05, 0) is 77.2 Å². The number of benzene rings is 7. The lowest BCUT2D eigenvalue weighted by atomic mass is 9.83. The average Bonchev–Trinajstić information content (AvgIpc) is 3.07. The molecule has 0 radical (unpaired) electrons. The molecular weight excluding hydrogens is 504 g/mol. The Bertz CT molecular complexity index is 2070. The second-order valence-electron chi connectivity index (χ2n) is 10.6. The van der Waals surface area contributed by atoms with Gasteiger partial charge in [-0.3, -0.25) is 0 Å². The standard InChI is InChI=1S/C42H30/c1-3-35-36(4-2)42(34-27-23-32(24-28-34)38-20-12-16-31-15-8-9-17-37(31)38)40-19-11-10-18-39(40)41(35)33-25-21-30(22-26-33)29-13-6-5-7-14-29/h3-28H,1-2H2. The van der Waals surface area contributed by atoms with Gasteiger partial charge in [0.25, 0.3) is 0 Å². The lowest BCUT2D eigenvalue weighted by molar-refractivity contribution is 1.57. The molecule has 7 aromatic carbocycles. The minimum Gasteiger partial charge on any atom is -0.0984 e. The maximum Gasteiger partial charge on any atom is -0.00266 e. The number of fused-ring (bicyclic) bond motifs is 2. The quantitative estimate of drug-likeness (QED) is 0.199. The molecule has 0 aliphatic heterocycles. The first-order chi connectivity index (χ1) is 20.8. The van der Waals surface area contributed by atoms with Gasteiger partial charge in [-0.2, -0.15) is 0 Å². The van der Waals surface area contributed by atoms with Crippen LogP contribution >= 0.6 is 0 Å². The van der Waals surface area contributed by atoms with E-state index in [4.69, 9.17) is 0 Å². The largest absolute Gasteiger partial charge is 0.0984 e. The van der Waals surface area contributed by atoms with Crippen LogP contribution in [-0.2, 0) is 0 Å². The molecule has 0 spiro atoms. The predicted octanol–water partition coefficient (Wildman–Crippen LogP) is 11.9. The maximum atomic E-state index is 4.27. The molecule has 0 atom stereocenters. The third-order valence-corrected chi connectivity index (χ3v) is 8.26. The third-order valence-electron chi connectivity index (χ3n) is 8.26. The average molecular weight is 535 g/mol. The topological polar surface area (TPSA) is 0 Å². The normalized spacial score (nSPS) is 11.0. The highest BCUT2D eigenvalue weighted by Gasteiger charge is 2.19. The summed E-state index contributed by atoms with van der Waals surface area (Å²) >= 11 is 0. The van der Waals surface area contributed by atoms with Crippen LogP contribution in [0.2, 0.25) is 0 Å². The lowest BCUT2D eigenvalue weighted by Crippen LogP contribution is -1.96. The first kappa shape index (κ1) is 25.5. The van der Waals surface area contributed by atoms with E-state index in [-0.39, 0.29) is 0 Å². The van der Waals surface area contributed by atoms with Crippen LogP contribution in [0.3, 0.4) is 0 Å². The smallest absolute Gasteiger partial charge is 0.00266 e. The minimum atomic E-state index is 1.10. The number of hydrogen-bond acceptors (Lipinski definition) is 0. The van der Waals surface area contributed by atoms with Gasteiger partial charge < -0.3 is 0 Å². The summed E-state index contributed by atoms with van der Waals surface area (Å²) in [6.07, 6.45) is 3.97. The summed E-state index contributed by atoms with van der Waals surface area (Å²) < 4.78 is 0. The zero-order valence-electron chi connectivity index (χ0n) is 23.4. The summed E-state index contributed by atoms with van der Waals surface area (Å²) in [7, 11) is 0. The van der Waals surface area contributed by atoms with Crippen LogP contribution in [0.15, 0.2) is 159 Å². The highest BCUT2D eigenvalue weighted by Crippen LogP contribution is 2.44. The van der Waals surface area contributed by atoms with Crippen molar-refractivity contribution in [3.05, 3.63) is 170 Å². The fourth-order valence-corrected chi connectivity index (χ4v) is 6.28. The van der Waals surface area contributed by atoms with E-state index in [0.29, 0.717) is 0 Å². The van der Waals surface area contributed by atoms with E-state index in [1.807, 2.05) is 12.2 Å². The monoisotopic (exact) mass is 534 g/mol. The molecule has 0 aromatic heterocycles. The van der Waals surface area contributed by atoms with Crippen molar-refractivity contribution in [2.24, 2.45) is 0 Å². The molecule has 0 fully saturated rings. The number of hydrogen-bond donors (Lipinski definition) is 0. The summed E-state index contributed by atoms with van der Waals surface area (Å²) in [6.45, 7) is 8.54. The molecule has 198 valence electrons. The van der Waals surface area contributed by atoms with Gasteiger partial charge in [-0.15, -0.1) is 0 Å². The zero-order chi connectivity index (χ0) is 28.5. The van der Waals surface area contributed by atoms with Crippen molar-refractivity contribution in [3.8, 4) is 44.5 Å². The van der Waals surface area contributed by atoms with E-state index in [2.05, 4.69) is 159 Å². The fraction of sp³-hybridized carbons (Fsp3) is 0. The van der Waals surface area contributed by atoms with E-state index in [0.717, 1.165) is 11.1 Å². The first-order valence-electron chi connectivity index (χ1n) is 14.3. The fourth-order valence-electron chi connectivity index (χ4n) is 6.28. The Labute approximate surface area is 247 Å². The van der Waals surface area contributed by atoms with Gasteiger partial charge in [0.15, 0.2) is 0 Å². The SMILES string of the molecule is C=Cc1c(C=C)c(-c2ccc(-c3cccc4ccccc34)cc2)c2ccccc2c1-c1ccc(-c2ccccc2)cc1. The molecule has 0 aliphatic rings. The van der Waals surface area contributed by atoms with Crippen molar-refractivity contribution in [1.29, 1.82) is 0 Å². The van der Waals surface area contributed by atoms with Gasteiger partial charge in [0, 0.05) is 0 Å². The zero-order valence-corrected chi connectivity index (χ0v) is 23.4. The molecule has 7 rings (SSSR count). The molecule has 0 N–H and O–H groups in total. The van der Waals surface area contributed by atoms with Crippen molar-refractivity contribution < 1.29 is 0 Å². The van der Waals surface area contributed by atoms with Gasteiger partial charge in [0.05, 0.1) is 0 Å². The van der Waals surface area contributed by atoms with Crippen LogP contribution in [0.5, 0.6) is 0 Å². The molecule has 0 saturated heterocycles. The predicted molar refractivity (Wildman–Crippen MR) is 183 cm³/mol. The number of rotatable bonds is 6. The van der Waals surface area contributed by atoms with Crippen molar-refractivity contribution in [1.82, 2.24) is 0 Å². The van der Waals surface area contributed by atoms with Gasteiger partial charge in [-0.25, -0.2) is 0 Å². The molecular formula is C42H30. The molecule has 0 unspecified atom stereocenters. The first-order valence-corrected chi connectivity index (χ1v) is 14.3.